The molecule has 0 aliphatic carbocycles. The van der Waals surface area contributed by atoms with Crippen LogP contribution in [0.15, 0.2) is 53.0 Å². The highest BCUT2D eigenvalue weighted by Crippen LogP contribution is 2.41. The predicted octanol–water partition coefficient (Wildman–Crippen LogP) is 7.20. The van der Waals surface area contributed by atoms with E-state index in [4.69, 9.17) is 4.74 Å². The van der Waals surface area contributed by atoms with Crippen LogP contribution in [0, 0.1) is 13.8 Å². The van der Waals surface area contributed by atoms with Gasteiger partial charge in [-0.25, -0.2) is 4.79 Å². The highest BCUT2D eigenvalue weighted by atomic mass is 79.9. The third kappa shape index (κ3) is 4.23. The van der Waals surface area contributed by atoms with E-state index in [-0.39, 0.29) is 12.5 Å². The Kier molecular flexibility index (Phi) is 6.72. The number of fused-ring (bicyclic) bond motifs is 1. The Morgan fingerprint density at radius 3 is 2.42 bits per heavy atom. The highest BCUT2D eigenvalue weighted by Gasteiger charge is 2.27. The van der Waals surface area contributed by atoms with Crippen molar-refractivity contribution in [1.82, 2.24) is 4.57 Å². The number of amides is 1. The molecule has 0 fully saturated rings. The molecule has 0 unspecified atom stereocenters. The first-order valence-electron chi connectivity index (χ1n) is 10.8. The van der Waals surface area contributed by atoms with Crippen molar-refractivity contribution in [1.29, 1.82) is 0 Å². The molecule has 0 saturated carbocycles. The lowest BCUT2D eigenvalue weighted by Gasteiger charge is -2.11. The van der Waals surface area contributed by atoms with Gasteiger partial charge in [0.05, 0.1) is 6.61 Å². The molecular weight excluding hydrogens is 500 g/mol. The molecule has 5 nitrogen and oxygen atoms in total. The Bertz CT molecular complexity index is 1350. The van der Waals surface area contributed by atoms with Crippen molar-refractivity contribution in [2.75, 3.05) is 11.9 Å². The quantitative estimate of drug-likeness (QED) is 0.271. The molecule has 2 aromatic heterocycles. The molecule has 0 aliphatic heterocycles. The minimum absolute atomic E-state index is 0.236. The molecular formula is C26H25BrN2O3S. The minimum Gasteiger partial charge on any atom is -0.462 e. The van der Waals surface area contributed by atoms with Crippen LogP contribution in [0.5, 0.6) is 0 Å². The summed E-state index contributed by atoms with van der Waals surface area (Å²) in [5.41, 5.74) is 4.62. The summed E-state index contributed by atoms with van der Waals surface area (Å²) in [7, 11) is 0. The fourth-order valence-corrected chi connectivity index (χ4v) is 5.58. The summed E-state index contributed by atoms with van der Waals surface area (Å²) in [6.07, 6.45) is 0. The molecule has 0 aliphatic rings. The number of rotatable bonds is 6. The van der Waals surface area contributed by atoms with Crippen molar-refractivity contribution in [3.8, 4) is 11.1 Å². The van der Waals surface area contributed by atoms with Crippen LogP contribution in [0.3, 0.4) is 0 Å². The van der Waals surface area contributed by atoms with Crippen LogP contribution in [0.1, 0.15) is 45.1 Å². The maximum atomic E-state index is 13.5. The molecule has 0 spiro atoms. The zero-order chi connectivity index (χ0) is 23.7. The molecule has 33 heavy (non-hydrogen) atoms. The van der Waals surface area contributed by atoms with Gasteiger partial charge in [-0.2, -0.15) is 0 Å². The standard InChI is InChI=1S/C26H25BrN2O3S/c1-5-29-20-10-8-7-9-19(20)15(3)23(29)24(30)28-25-22(26(31)32-6-2)21(16(4)33-25)17-11-13-18(27)14-12-17/h7-14H,5-6H2,1-4H3,(H,28,30). The van der Waals surface area contributed by atoms with Crippen molar-refractivity contribution in [3.05, 3.63) is 74.7 Å². The average Bonchev–Trinajstić information content (AvgIpc) is 3.28. The van der Waals surface area contributed by atoms with Crippen LogP contribution in [0.4, 0.5) is 5.00 Å². The summed E-state index contributed by atoms with van der Waals surface area (Å²) in [5, 5.41) is 4.58. The number of nitrogens with one attached hydrogen (secondary N) is 1. The second kappa shape index (κ2) is 9.53. The number of ether oxygens (including phenoxy) is 1. The number of nitrogens with zero attached hydrogens (tertiary/aromatic N) is 1. The Morgan fingerprint density at radius 1 is 1.06 bits per heavy atom. The van der Waals surface area contributed by atoms with E-state index < -0.39 is 5.97 Å². The van der Waals surface area contributed by atoms with Gasteiger partial charge in [0.15, 0.2) is 0 Å². The van der Waals surface area contributed by atoms with Crippen molar-refractivity contribution in [2.24, 2.45) is 0 Å². The van der Waals surface area contributed by atoms with Crippen LogP contribution >= 0.6 is 27.3 Å². The van der Waals surface area contributed by atoms with Crippen molar-refractivity contribution < 1.29 is 14.3 Å². The Labute approximate surface area is 205 Å². The molecule has 0 bridgehead atoms. The largest absolute Gasteiger partial charge is 0.462 e. The number of anilines is 1. The second-order valence-corrected chi connectivity index (χ2v) is 9.79. The number of esters is 1. The minimum atomic E-state index is -0.442. The van der Waals surface area contributed by atoms with Crippen LogP contribution in [-0.2, 0) is 11.3 Å². The van der Waals surface area contributed by atoms with Crippen molar-refractivity contribution >= 4 is 55.0 Å². The van der Waals surface area contributed by atoms with Crippen LogP contribution in [-0.4, -0.2) is 23.1 Å². The van der Waals surface area contributed by atoms with E-state index in [1.54, 1.807) is 6.92 Å². The number of thiophene rings is 1. The van der Waals surface area contributed by atoms with E-state index in [0.29, 0.717) is 22.8 Å². The number of aryl methyl sites for hydroxylation is 3. The summed E-state index contributed by atoms with van der Waals surface area (Å²) in [4.78, 5) is 27.5. The summed E-state index contributed by atoms with van der Waals surface area (Å²) in [5.74, 6) is -0.678. The average molecular weight is 525 g/mol. The summed E-state index contributed by atoms with van der Waals surface area (Å²) in [6, 6.07) is 15.8. The maximum absolute atomic E-state index is 13.5. The lowest BCUT2D eigenvalue weighted by Crippen LogP contribution is -2.19. The first-order chi connectivity index (χ1) is 15.9. The number of benzene rings is 2. The first kappa shape index (κ1) is 23.3. The molecule has 1 amide bonds. The summed E-state index contributed by atoms with van der Waals surface area (Å²) in [6.45, 7) is 8.63. The lowest BCUT2D eigenvalue weighted by atomic mass is 10.0. The number of para-hydroxylation sites is 1. The molecule has 0 atom stereocenters. The fourth-order valence-electron chi connectivity index (χ4n) is 4.26. The number of carbonyl (C=O) groups excluding carboxylic acids is 2. The first-order valence-corrected chi connectivity index (χ1v) is 12.4. The molecule has 4 aromatic rings. The smallest absolute Gasteiger partial charge is 0.341 e. The maximum Gasteiger partial charge on any atom is 0.341 e. The van der Waals surface area contributed by atoms with E-state index in [9.17, 15) is 9.59 Å². The highest BCUT2D eigenvalue weighted by molar-refractivity contribution is 9.10. The van der Waals surface area contributed by atoms with Gasteiger partial charge in [-0.15, -0.1) is 11.3 Å². The Hall–Kier alpha value is -2.90. The van der Waals surface area contributed by atoms with Crippen LogP contribution < -0.4 is 5.32 Å². The summed E-state index contributed by atoms with van der Waals surface area (Å²) >= 11 is 4.85. The second-order valence-electron chi connectivity index (χ2n) is 7.65. The normalized spacial score (nSPS) is 11.1. The van der Waals surface area contributed by atoms with Gasteiger partial charge in [0.25, 0.3) is 5.91 Å². The van der Waals surface area contributed by atoms with Crippen molar-refractivity contribution in [3.63, 3.8) is 0 Å². The molecule has 1 N–H and O–H groups in total. The zero-order valence-electron chi connectivity index (χ0n) is 19.0. The van der Waals surface area contributed by atoms with Gasteiger partial charge < -0.3 is 14.6 Å². The van der Waals surface area contributed by atoms with Gasteiger partial charge in [-0.1, -0.05) is 46.3 Å². The van der Waals surface area contributed by atoms with Gasteiger partial charge in [-0.05, 0) is 57.0 Å². The van der Waals surface area contributed by atoms with Crippen LogP contribution in [0.2, 0.25) is 0 Å². The number of hydrogen-bond donors (Lipinski definition) is 1. The third-order valence-electron chi connectivity index (χ3n) is 5.68. The SMILES string of the molecule is CCOC(=O)c1c(NC(=O)c2c(C)c3ccccc3n2CC)sc(C)c1-c1ccc(Br)cc1. The topological polar surface area (TPSA) is 60.3 Å². The third-order valence-corrected chi connectivity index (χ3v) is 7.23. The molecule has 2 aromatic carbocycles. The zero-order valence-corrected chi connectivity index (χ0v) is 21.4. The molecule has 4 rings (SSSR count). The molecule has 2 heterocycles. The van der Waals surface area contributed by atoms with Crippen LogP contribution in [0.25, 0.3) is 22.0 Å². The predicted molar refractivity (Wildman–Crippen MR) is 138 cm³/mol. The van der Waals surface area contributed by atoms with E-state index >= 15 is 0 Å². The number of hydrogen-bond acceptors (Lipinski definition) is 4. The van der Waals surface area contributed by atoms with E-state index in [0.717, 1.165) is 36.9 Å². The Balaban J connectivity index is 1.82. The molecule has 0 saturated heterocycles. The van der Waals surface area contributed by atoms with E-state index in [1.807, 2.05) is 73.9 Å². The number of aromatic nitrogens is 1. The van der Waals surface area contributed by atoms with Gasteiger partial charge in [0.2, 0.25) is 0 Å². The van der Waals surface area contributed by atoms with Gasteiger partial charge in [-0.3, -0.25) is 4.79 Å². The van der Waals surface area contributed by atoms with Gasteiger partial charge >= 0.3 is 5.97 Å². The number of carbonyl (C=O) groups is 2. The van der Waals surface area contributed by atoms with Gasteiger partial charge in [0, 0.05) is 32.4 Å². The monoisotopic (exact) mass is 524 g/mol. The fraction of sp³-hybridized carbons (Fsp3) is 0.231. The molecule has 0 radical (unpaired) electrons. The number of halogens is 1. The molecule has 170 valence electrons. The van der Waals surface area contributed by atoms with Gasteiger partial charge in [0.1, 0.15) is 16.3 Å². The summed E-state index contributed by atoms with van der Waals surface area (Å²) < 4.78 is 8.34. The van der Waals surface area contributed by atoms with E-state index in [2.05, 4.69) is 21.2 Å². The van der Waals surface area contributed by atoms with Crippen molar-refractivity contribution in [2.45, 2.75) is 34.2 Å². The van der Waals surface area contributed by atoms with E-state index in [1.165, 1.54) is 11.3 Å². The molecule has 7 heteroatoms. The lowest BCUT2D eigenvalue weighted by molar-refractivity contribution is 0.0529. The Morgan fingerprint density at radius 2 is 1.76 bits per heavy atom.